The average Bonchev–Trinajstić information content (AvgIpc) is 3.45. The number of carbonyl (C=O) groups excluding carboxylic acids is 3. The summed E-state index contributed by atoms with van der Waals surface area (Å²) in [5.41, 5.74) is 1.75. The van der Waals surface area contributed by atoms with E-state index in [9.17, 15) is 18.8 Å². The summed E-state index contributed by atoms with van der Waals surface area (Å²) in [5.74, 6) is -3.60. The summed E-state index contributed by atoms with van der Waals surface area (Å²) in [5, 5.41) is 8.54. The first kappa shape index (κ1) is 28.5. The molecule has 2 saturated heterocycles. The van der Waals surface area contributed by atoms with Crippen LogP contribution in [0.25, 0.3) is 11.3 Å². The largest absolute Gasteiger partial charge is 0.463 e. The molecule has 0 N–H and O–H groups in total. The van der Waals surface area contributed by atoms with E-state index in [1.165, 1.54) is 12.1 Å². The van der Waals surface area contributed by atoms with Crippen molar-refractivity contribution < 1.29 is 42.5 Å². The summed E-state index contributed by atoms with van der Waals surface area (Å²) < 4.78 is 44.1. The van der Waals surface area contributed by atoms with Crippen LogP contribution in [0.3, 0.4) is 0 Å². The number of rotatable bonds is 8. The van der Waals surface area contributed by atoms with Crippen LogP contribution in [0.2, 0.25) is 0 Å². The smallest absolute Gasteiger partial charge is 0.355 e. The Morgan fingerprint density at radius 1 is 1.12 bits per heavy atom. The van der Waals surface area contributed by atoms with E-state index < -0.39 is 66.2 Å². The van der Waals surface area contributed by atoms with Gasteiger partial charge in [0.05, 0.1) is 25.5 Å². The first-order valence-electron chi connectivity index (χ1n) is 13.3. The summed E-state index contributed by atoms with van der Waals surface area (Å²) >= 11 is 0. The van der Waals surface area contributed by atoms with Crippen molar-refractivity contribution >= 4 is 17.7 Å². The molecular weight excluding hydrogens is 537 g/mol. The van der Waals surface area contributed by atoms with E-state index >= 15 is 0 Å². The van der Waals surface area contributed by atoms with Gasteiger partial charge >= 0.3 is 11.9 Å². The maximum absolute atomic E-state index is 13.9. The molecule has 2 aliphatic heterocycles. The standard InChI is InChI=1S/C29H30FN3O8/c1-4-37-27(35)25(17(3)34)40-28(36)24-16(2)23(33-14-21(31-32-33)19-11-8-12-20(30)13-19)26-22(39-24)15-38-29(41-26)18-9-6-5-7-10-18/h5-14,16,22-26,29H,4,15H2,1-3H3/t16-,22-,23-,24-,25?,26+,29+/m1/s1. The maximum atomic E-state index is 13.9. The summed E-state index contributed by atoms with van der Waals surface area (Å²) in [6.07, 6.45) is -3.34. The highest BCUT2D eigenvalue weighted by atomic mass is 19.1. The van der Waals surface area contributed by atoms with E-state index in [1.807, 2.05) is 30.3 Å². The highest BCUT2D eigenvalue weighted by Gasteiger charge is 2.52. The number of nitrogens with zero attached hydrogens (tertiary/aromatic N) is 3. The Labute approximate surface area is 235 Å². The monoisotopic (exact) mass is 567 g/mol. The van der Waals surface area contributed by atoms with Crippen LogP contribution in [0.5, 0.6) is 0 Å². The Morgan fingerprint density at radius 2 is 1.90 bits per heavy atom. The number of esters is 2. The minimum Gasteiger partial charge on any atom is -0.463 e. The number of aromatic nitrogens is 3. The van der Waals surface area contributed by atoms with Crippen LogP contribution in [0.4, 0.5) is 4.39 Å². The molecule has 0 bridgehead atoms. The molecule has 1 aromatic heterocycles. The minimum atomic E-state index is -1.72. The molecule has 0 amide bonds. The van der Waals surface area contributed by atoms with Crippen LogP contribution in [0.1, 0.15) is 38.7 Å². The molecule has 0 spiro atoms. The molecule has 2 fully saturated rings. The van der Waals surface area contributed by atoms with Gasteiger partial charge in [0, 0.05) is 17.0 Å². The Bertz CT molecular complexity index is 1400. The zero-order chi connectivity index (χ0) is 29.1. The third-order valence-corrected chi connectivity index (χ3v) is 7.08. The quantitative estimate of drug-likeness (QED) is 0.296. The van der Waals surface area contributed by atoms with Crippen LogP contribution in [-0.2, 0) is 38.1 Å². The average molecular weight is 568 g/mol. The summed E-state index contributed by atoms with van der Waals surface area (Å²) in [6, 6.07) is 14.7. The van der Waals surface area contributed by atoms with E-state index in [1.54, 1.807) is 36.9 Å². The second-order valence-electron chi connectivity index (χ2n) is 9.90. The lowest BCUT2D eigenvalue weighted by molar-refractivity contribution is -0.308. The fourth-order valence-electron chi connectivity index (χ4n) is 5.10. The number of fused-ring (bicyclic) bond motifs is 1. The van der Waals surface area contributed by atoms with Gasteiger partial charge in [0.15, 0.2) is 18.2 Å². The first-order valence-corrected chi connectivity index (χ1v) is 13.3. The van der Waals surface area contributed by atoms with Gasteiger partial charge < -0.3 is 23.7 Å². The fraction of sp³-hybridized carbons (Fsp3) is 0.414. The molecule has 1 unspecified atom stereocenters. The minimum absolute atomic E-state index is 0.0134. The highest BCUT2D eigenvalue weighted by molar-refractivity contribution is 6.02. The highest BCUT2D eigenvalue weighted by Crippen LogP contribution is 2.42. The van der Waals surface area contributed by atoms with Crippen molar-refractivity contribution in [3.63, 3.8) is 0 Å². The fourth-order valence-corrected chi connectivity index (χ4v) is 5.10. The molecule has 216 valence electrons. The molecule has 0 aliphatic carbocycles. The third kappa shape index (κ3) is 6.04. The molecule has 2 aromatic carbocycles. The number of hydrogen-bond donors (Lipinski definition) is 0. The molecule has 0 saturated carbocycles. The van der Waals surface area contributed by atoms with Crippen LogP contribution >= 0.6 is 0 Å². The number of ether oxygens (including phenoxy) is 5. The van der Waals surface area contributed by atoms with Crippen molar-refractivity contribution in [1.29, 1.82) is 0 Å². The van der Waals surface area contributed by atoms with Crippen molar-refractivity contribution in [2.45, 2.75) is 57.5 Å². The predicted octanol–water partition coefficient (Wildman–Crippen LogP) is 3.21. The number of benzene rings is 2. The van der Waals surface area contributed by atoms with Crippen molar-refractivity contribution in [2.75, 3.05) is 13.2 Å². The number of hydrogen-bond acceptors (Lipinski definition) is 10. The maximum Gasteiger partial charge on any atom is 0.355 e. The topological polar surface area (TPSA) is 128 Å². The third-order valence-electron chi connectivity index (χ3n) is 7.08. The Balaban J connectivity index is 1.46. The van der Waals surface area contributed by atoms with Gasteiger partial charge in [-0.25, -0.2) is 18.7 Å². The van der Waals surface area contributed by atoms with Crippen LogP contribution in [0.15, 0.2) is 60.8 Å². The Kier molecular flexibility index (Phi) is 8.52. The molecule has 12 heteroatoms. The molecule has 0 radical (unpaired) electrons. The zero-order valence-corrected chi connectivity index (χ0v) is 22.7. The predicted molar refractivity (Wildman–Crippen MR) is 139 cm³/mol. The first-order chi connectivity index (χ1) is 19.8. The van der Waals surface area contributed by atoms with E-state index in [2.05, 4.69) is 10.3 Å². The van der Waals surface area contributed by atoms with Crippen molar-refractivity contribution in [3.05, 3.63) is 72.2 Å². The van der Waals surface area contributed by atoms with Gasteiger partial charge in [0.1, 0.15) is 23.7 Å². The number of ketones is 1. The van der Waals surface area contributed by atoms with Crippen LogP contribution in [-0.4, -0.2) is 70.3 Å². The second kappa shape index (κ2) is 12.2. The SMILES string of the molecule is CCOC(=O)C(OC(=O)[C@@H]1O[C@@H]2CO[C@H](c3ccccc3)O[C@@H]2[C@H](n2cc(-c3cccc(F)c3)nn2)[C@H]1C)C(C)=O. The van der Waals surface area contributed by atoms with Gasteiger partial charge in [0.2, 0.25) is 0 Å². The van der Waals surface area contributed by atoms with Crippen LogP contribution in [0, 0.1) is 11.7 Å². The molecule has 3 heterocycles. The van der Waals surface area contributed by atoms with Gasteiger partial charge in [-0.05, 0) is 26.0 Å². The van der Waals surface area contributed by atoms with Crippen molar-refractivity contribution in [1.82, 2.24) is 15.0 Å². The van der Waals surface area contributed by atoms with Crippen molar-refractivity contribution in [3.8, 4) is 11.3 Å². The van der Waals surface area contributed by atoms with Gasteiger partial charge in [-0.3, -0.25) is 4.79 Å². The molecule has 3 aromatic rings. The van der Waals surface area contributed by atoms with Gasteiger partial charge in [-0.2, -0.15) is 0 Å². The lowest BCUT2D eigenvalue weighted by atomic mass is 9.85. The van der Waals surface area contributed by atoms with E-state index in [4.69, 9.17) is 23.7 Å². The second-order valence-corrected chi connectivity index (χ2v) is 9.90. The van der Waals surface area contributed by atoms with E-state index in [-0.39, 0.29) is 13.2 Å². The summed E-state index contributed by atoms with van der Waals surface area (Å²) in [6.45, 7) is 4.56. The molecule has 41 heavy (non-hydrogen) atoms. The zero-order valence-electron chi connectivity index (χ0n) is 22.7. The van der Waals surface area contributed by atoms with Crippen molar-refractivity contribution in [2.24, 2.45) is 5.92 Å². The summed E-state index contributed by atoms with van der Waals surface area (Å²) in [4.78, 5) is 37.7. The number of Topliss-reactive ketones (excluding diaryl/α,β-unsaturated/α-hetero) is 1. The lowest BCUT2D eigenvalue weighted by Gasteiger charge is -2.48. The lowest BCUT2D eigenvalue weighted by Crippen LogP contribution is -2.58. The van der Waals surface area contributed by atoms with Gasteiger partial charge in [-0.1, -0.05) is 54.6 Å². The number of carbonyl (C=O) groups is 3. The number of halogens is 1. The molecule has 5 rings (SSSR count). The van der Waals surface area contributed by atoms with Gasteiger partial charge in [-0.15, -0.1) is 5.10 Å². The molecule has 11 nitrogen and oxygen atoms in total. The Morgan fingerprint density at radius 3 is 2.61 bits per heavy atom. The molecular formula is C29H30FN3O8. The Hall–Kier alpha value is -4.00. The van der Waals surface area contributed by atoms with E-state index in [0.29, 0.717) is 11.3 Å². The normalized spacial score (nSPS) is 26.4. The molecule has 7 atom stereocenters. The molecule has 2 aliphatic rings. The van der Waals surface area contributed by atoms with E-state index in [0.717, 1.165) is 12.5 Å². The summed E-state index contributed by atoms with van der Waals surface area (Å²) in [7, 11) is 0. The van der Waals surface area contributed by atoms with Crippen LogP contribution < -0.4 is 0 Å². The van der Waals surface area contributed by atoms with Gasteiger partial charge in [0.25, 0.3) is 6.10 Å².